The molecule has 74 heavy (non-hydrogen) atoms. The van der Waals surface area contributed by atoms with Gasteiger partial charge < -0.3 is 75.3 Å². The van der Waals surface area contributed by atoms with Crippen LogP contribution >= 0.6 is 0 Å². The topological polar surface area (TPSA) is 420 Å². The van der Waals surface area contributed by atoms with Gasteiger partial charge in [0, 0.05) is 44.8 Å². The Hall–Kier alpha value is -6.89. The van der Waals surface area contributed by atoms with Crippen molar-refractivity contribution in [3.05, 3.63) is 29.8 Å². The average Bonchev–Trinajstić information content (AvgIpc) is 3.82. The summed E-state index contributed by atoms with van der Waals surface area (Å²) in [5.74, 6) is -9.58. The molecule has 0 aromatic heterocycles. The standard InChI is InChI=1S/C49H78N12O13/c1-28(2)11-8-6-4-3-5-7-9-12-30-23-43(68)57-35(24-41(52)66)46(71)58-34(21-29-14-16-32(63)17-15-29)44(69)56-31(22-40(51)65)26-54-33(18-19-39(50)64)49(74)61-20-10-13-38(61)48(73)60-37(27-62)47(72)59-36(25-42(53)67)45(70)55-30/h14-17,28,30-31,33-38,54,62-63H,3-13,18-27H2,1-2H3,(H2,50,64)(H2,51,65)(H2,52,66)(H2,53,67)(H,55,70)(H,56,69)(H,57,68)(H,58,71)(H,59,72)(H,60,73)/t30-,31?,33?,34+,35?,36-,37?,38-/m0/s1. The van der Waals surface area contributed by atoms with Crippen LogP contribution in [-0.4, -0.2) is 148 Å². The summed E-state index contributed by atoms with van der Waals surface area (Å²) in [5.41, 5.74) is 22.5. The molecule has 25 heteroatoms. The zero-order valence-corrected chi connectivity index (χ0v) is 42.5. The highest BCUT2D eigenvalue weighted by Crippen LogP contribution is 2.21. The molecule has 0 radical (unpaired) electrons. The van der Waals surface area contributed by atoms with E-state index in [9.17, 15) is 63.0 Å². The van der Waals surface area contributed by atoms with Gasteiger partial charge >= 0.3 is 0 Å². The molecule has 0 spiro atoms. The third kappa shape index (κ3) is 22.5. The lowest BCUT2D eigenvalue weighted by molar-refractivity contribution is -0.141. The number of phenols is 1. The zero-order valence-electron chi connectivity index (χ0n) is 42.5. The quantitative estimate of drug-likeness (QED) is 0.0524. The van der Waals surface area contributed by atoms with Crippen molar-refractivity contribution in [2.75, 3.05) is 19.7 Å². The molecule has 3 rings (SSSR count). The number of phenolic OH excluding ortho intramolecular Hbond substituents is 1. The number of aliphatic hydroxyl groups excluding tert-OH is 1. The third-order valence-electron chi connectivity index (χ3n) is 12.8. The molecule has 1 aromatic rings. The van der Waals surface area contributed by atoms with Crippen molar-refractivity contribution in [1.29, 1.82) is 0 Å². The van der Waals surface area contributed by atoms with E-state index in [4.69, 9.17) is 22.9 Å². The van der Waals surface area contributed by atoms with Crippen LogP contribution in [0.2, 0.25) is 0 Å². The van der Waals surface area contributed by atoms with E-state index in [1.807, 2.05) is 0 Å². The van der Waals surface area contributed by atoms with Crippen LogP contribution < -0.4 is 60.2 Å². The Morgan fingerprint density at radius 2 is 1.14 bits per heavy atom. The lowest BCUT2D eigenvalue weighted by atomic mass is 10.0. The second-order valence-electron chi connectivity index (χ2n) is 19.6. The van der Waals surface area contributed by atoms with Gasteiger partial charge in [-0.3, -0.25) is 52.7 Å². The number of aliphatic hydroxyl groups is 1. The molecule has 11 amide bonds. The number of primary amides is 4. The van der Waals surface area contributed by atoms with Crippen molar-refractivity contribution >= 4 is 65.0 Å². The molecule has 0 saturated carbocycles. The van der Waals surface area contributed by atoms with Crippen LogP contribution in [0.15, 0.2) is 24.3 Å². The monoisotopic (exact) mass is 1040 g/mol. The van der Waals surface area contributed by atoms with Crippen molar-refractivity contribution in [3.63, 3.8) is 0 Å². The van der Waals surface area contributed by atoms with Crippen molar-refractivity contribution in [2.45, 2.75) is 178 Å². The maximum absolute atomic E-state index is 14.3. The summed E-state index contributed by atoms with van der Waals surface area (Å²) in [6, 6.07) is -5.60. The van der Waals surface area contributed by atoms with Gasteiger partial charge in [-0.1, -0.05) is 77.3 Å². The van der Waals surface area contributed by atoms with Gasteiger partial charge in [-0.05, 0) is 49.3 Å². The first-order valence-corrected chi connectivity index (χ1v) is 25.4. The van der Waals surface area contributed by atoms with Gasteiger partial charge in [0.25, 0.3) is 0 Å². The summed E-state index contributed by atoms with van der Waals surface area (Å²) in [4.78, 5) is 148. The van der Waals surface area contributed by atoms with E-state index in [0.29, 0.717) is 30.7 Å². The first-order valence-electron chi connectivity index (χ1n) is 25.4. The summed E-state index contributed by atoms with van der Waals surface area (Å²) in [6.07, 6.45) is 4.73. The van der Waals surface area contributed by atoms with E-state index in [2.05, 4.69) is 51.1 Å². The smallest absolute Gasteiger partial charge is 0.245 e. The molecule has 2 fully saturated rings. The largest absolute Gasteiger partial charge is 0.508 e. The fraction of sp³-hybridized carbons (Fsp3) is 0.653. The van der Waals surface area contributed by atoms with Gasteiger partial charge in [-0.15, -0.1) is 0 Å². The number of aromatic hydroxyl groups is 1. The first-order chi connectivity index (χ1) is 35.1. The number of hydrogen-bond donors (Lipinski definition) is 13. The van der Waals surface area contributed by atoms with Crippen molar-refractivity contribution < 1.29 is 63.0 Å². The van der Waals surface area contributed by atoms with Crippen LogP contribution in [0.3, 0.4) is 0 Å². The molecule has 17 N–H and O–H groups in total. The highest BCUT2D eigenvalue weighted by atomic mass is 16.3. The number of fused-ring (bicyclic) bond motifs is 1. The van der Waals surface area contributed by atoms with E-state index in [1.165, 1.54) is 29.2 Å². The molecule has 412 valence electrons. The number of benzene rings is 1. The molecule has 2 aliphatic rings. The predicted molar refractivity (Wildman–Crippen MR) is 268 cm³/mol. The third-order valence-corrected chi connectivity index (χ3v) is 12.8. The molecule has 4 unspecified atom stereocenters. The summed E-state index contributed by atoms with van der Waals surface area (Å²) in [6.45, 7) is 3.04. The van der Waals surface area contributed by atoms with Crippen LogP contribution in [0.5, 0.6) is 5.75 Å². The molecule has 0 bridgehead atoms. The number of nitrogens with zero attached hydrogens (tertiary/aromatic N) is 1. The fourth-order valence-corrected chi connectivity index (χ4v) is 8.84. The number of nitrogens with two attached hydrogens (primary N) is 4. The van der Waals surface area contributed by atoms with Crippen LogP contribution in [0.25, 0.3) is 0 Å². The Kier molecular flexibility index (Phi) is 26.3. The summed E-state index contributed by atoms with van der Waals surface area (Å²) < 4.78 is 0. The number of unbranched alkanes of at least 4 members (excludes halogenated alkanes) is 6. The molecular weight excluding hydrogens is 965 g/mol. The Morgan fingerprint density at radius 3 is 1.73 bits per heavy atom. The van der Waals surface area contributed by atoms with Gasteiger partial charge in [0.15, 0.2) is 0 Å². The van der Waals surface area contributed by atoms with Crippen LogP contribution in [-0.2, 0) is 59.2 Å². The van der Waals surface area contributed by atoms with Crippen molar-refractivity contribution in [3.8, 4) is 5.75 Å². The highest BCUT2D eigenvalue weighted by Gasteiger charge is 2.40. The minimum Gasteiger partial charge on any atom is -0.508 e. The zero-order chi connectivity index (χ0) is 54.9. The Morgan fingerprint density at radius 1 is 0.608 bits per heavy atom. The van der Waals surface area contributed by atoms with Crippen LogP contribution in [0, 0.1) is 5.92 Å². The maximum Gasteiger partial charge on any atom is 0.245 e. The molecular formula is C49H78N12O13. The van der Waals surface area contributed by atoms with Crippen molar-refractivity contribution in [2.24, 2.45) is 28.9 Å². The summed E-state index contributed by atoms with van der Waals surface area (Å²) in [5, 5.41) is 38.3. The molecule has 2 heterocycles. The lowest BCUT2D eigenvalue weighted by Gasteiger charge is -2.31. The Labute approximate surface area is 430 Å². The first kappa shape index (κ1) is 61.4. The second kappa shape index (κ2) is 31.6. The van der Waals surface area contributed by atoms with Gasteiger partial charge in [0.2, 0.25) is 65.0 Å². The highest BCUT2D eigenvalue weighted by molar-refractivity contribution is 5.97. The maximum atomic E-state index is 14.3. The van der Waals surface area contributed by atoms with Gasteiger partial charge in [0.05, 0.1) is 31.5 Å². The van der Waals surface area contributed by atoms with Gasteiger partial charge in [-0.2, -0.15) is 0 Å². The second-order valence-corrected chi connectivity index (χ2v) is 19.6. The Bertz CT molecular complexity index is 2110. The van der Waals surface area contributed by atoms with E-state index in [-0.39, 0.29) is 50.9 Å². The summed E-state index contributed by atoms with van der Waals surface area (Å²) >= 11 is 0. The van der Waals surface area contributed by atoms with E-state index in [0.717, 1.165) is 38.5 Å². The summed E-state index contributed by atoms with van der Waals surface area (Å²) in [7, 11) is 0. The van der Waals surface area contributed by atoms with Gasteiger partial charge in [-0.25, -0.2) is 0 Å². The molecule has 8 atom stereocenters. The van der Waals surface area contributed by atoms with E-state index in [1.54, 1.807) is 0 Å². The van der Waals surface area contributed by atoms with Crippen LogP contribution in [0.4, 0.5) is 0 Å². The molecule has 2 saturated heterocycles. The predicted octanol–water partition coefficient (Wildman–Crippen LogP) is -2.75. The number of carbonyl (C=O) groups excluding carboxylic acids is 11. The fourth-order valence-electron chi connectivity index (χ4n) is 8.84. The van der Waals surface area contributed by atoms with E-state index < -0.39 is 146 Å². The Balaban J connectivity index is 2.09. The minimum absolute atomic E-state index is 0.0380. The van der Waals surface area contributed by atoms with E-state index >= 15 is 0 Å². The SMILES string of the molecule is CC(C)CCCCCCCCC[C@H]1CC(=O)NC(CC(N)=O)C(=O)N[C@H](Cc2ccc(O)cc2)C(=O)NC(CC(N)=O)CNC(CCC(N)=O)C(=O)N2CCC[C@H]2C(=O)NC(CO)C(=O)N[C@@H](CC(N)=O)C(=O)N1. The lowest BCUT2D eigenvalue weighted by Crippen LogP contribution is -2.59. The average molecular weight is 1040 g/mol. The number of amides is 11. The molecule has 2 aliphatic heterocycles. The van der Waals surface area contributed by atoms with Gasteiger partial charge in [0.1, 0.15) is 36.0 Å². The minimum atomic E-state index is -1.71. The van der Waals surface area contributed by atoms with Crippen molar-refractivity contribution in [1.82, 2.24) is 42.1 Å². The number of carbonyl (C=O) groups is 11. The molecule has 25 nitrogen and oxygen atoms in total. The number of hydrogen-bond acceptors (Lipinski definition) is 14. The molecule has 1 aromatic carbocycles. The van der Waals surface area contributed by atoms with Crippen LogP contribution in [0.1, 0.15) is 129 Å². The number of rotatable bonds is 22. The molecule has 0 aliphatic carbocycles. The normalized spacial score (nSPS) is 24.2. The number of nitrogens with one attached hydrogen (secondary N) is 7.